The Balaban J connectivity index is 1.75. The number of nitrogens with one attached hydrogen (secondary N) is 2. The topological polar surface area (TPSA) is 41.1 Å². The fraction of sp³-hybridized carbons (Fsp3) is 0.316. The van der Waals surface area contributed by atoms with Gasteiger partial charge < -0.3 is 10.6 Å². The lowest BCUT2D eigenvalue weighted by molar-refractivity contribution is 0.252. The number of unbranched alkanes of at least 4 members (excludes halogenated alkanes) is 1. The number of carbonyl (C=O) groups excluding carboxylic acids is 1. The van der Waals surface area contributed by atoms with E-state index in [4.69, 9.17) is 0 Å². The van der Waals surface area contributed by atoms with Crippen LogP contribution < -0.4 is 10.6 Å². The van der Waals surface area contributed by atoms with E-state index in [1.165, 1.54) is 24.5 Å². The third kappa shape index (κ3) is 5.74. The number of urea groups is 1. The van der Waals surface area contributed by atoms with Gasteiger partial charge in [0.25, 0.3) is 0 Å². The molecule has 0 aliphatic heterocycles. The number of halogens is 1. The lowest BCUT2D eigenvalue weighted by Gasteiger charge is -2.09. The zero-order valence-electron chi connectivity index (χ0n) is 13.4. The van der Waals surface area contributed by atoms with Gasteiger partial charge in [0.1, 0.15) is 5.82 Å². The summed E-state index contributed by atoms with van der Waals surface area (Å²) in [5.41, 5.74) is 2.64. The number of hydrogen-bond acceptors (Lipinski definition) is 1. The zero-order valence-corrected chi connectivity index (χ0v) is 13.4. The molecule has 3 nitrogen and oxygen atoms in total. The summed E-state index contributed by atoms with van der Waals surface area (Å²) in [5.74, 6) is -0.239. The number of benzene rings is 2. The molecule has 2 aromatic rings. The molecule has 2 amide bonds. The normalized spacial score (nSPS) is 10.3. The van der Waals surface area contributed by atoms with Crippen molar-refractivity contribution in [3.63, 3.8) is 0 Å². The number of anilines is 1. The molecule has 0 heterocycles. The maximum absolute atomic E-state index is 13.5. The van der Waals surface area contributed by atoms with Gasteiger partial charge in [-0.2, -0.15) is 0 Å². The molecule has 0 unspecified atom stereocenters. The van der Waals surface area contributed by atoms with Crippen molar-refractivity contribution in [2.75, 3.05) is 11.9 Å². The van der Waals surface area contributed by atoms with Crippen molar-refractivity contribution in [3.05, 3.63) is 65.5 Å². The fourth-order valence-corrected chi connectivity index (χ4v) is 2.32. The first-order valence-corrected chi connectivity index (χ1v) is 8.06. The van der Waals surface area contributed by atoms with Crippen LogP contribution in [0.3, 0.4) is 0 Å². The Hall–Kier alpha value is -2.36. The minimum absolute atomic E-state index is 0.239. The Bertz CT molecular complexity index is 626. The van der Waals surface area contributed by atoms with Crippen molar-refractivity contribution in [1.29, 1.82) is 0 Å². The number of amides is 2. The van der Waals surface area contributed by atoms with E-state index in [1.54, 1.807) is 18.2 Å². The van der Waals surface area contributed by atoms with Gasteiger partial charge in [-0.25, -0.2) is 9.18 Å². The first kappa shape index (κ1) is 17.0. The molecule has 4 heteroatoms. The first-order valence-electron chi connectivity index (χ1n) is 8.06. The van der Waals surface area contributed by atoms with Crippen LogP contribution in [-0.4, -0.2) is 12.6 Å². The average Bonchev–Trinajstić information content (AvgIpc) is 2.56. The Morgan fingerprint density at radius 3 is 2.48 bits per heavy atom. The highest BCUT2D eigenvalue weighted by atomic mass is 19.1. The van der Waals surface area contributed by atoms with Crippen LogP contribution in [0.1, 0.15) is 30.9 Å². The van der Waals surface area contributed by atoms with Crippen LogP contribution in [0.2, 0.25) is 0 Å². The second kappa shape index (κ2) is 8.93. The summed E-state index contributed by atoms with van der Waals surface area (Å²) in [7, 11) is 0. The van der Waals surface area contributed by atoms with Gasteiger partial charge in [0.05, 0.1) is 0 Å². The van der Waals surface area contributed by atoms with Gasteiger partial charge in [-0.15, -0.1) is 0 Å². The van der Waals surface area contributed by atoms with E-state index >= 15 is 0 Å². The number of rotatable bonds is 7. The Kier molecular flexibility index (Phi) is 6.60. The summed E-state index contributed by atoms with van der Waals surface area (Å²) in [6.45, 7) is 2.56. The van der Waals surface area contributed by atoms with Crippen LogP contribution >= 0.6 is 0 Å². The molecule has 0 saturated carbocycles. The highest BCUT2D eigenvalue weighted by Gasteiger charge is 2.04. The molecule has 2 rings (SSSR count). The van der Waals surface area contributed by atoms with Crippen LogP contribution in [0.4, 0.5) is 14.9 Å². The fourth-order valence-electron chi connectivity index (χ4n) is 2.32. The molecule has 2 N–H and O–H groups in total. The monoisotopic (exact) mass is 314 g/mol. The SMILES string of the molecule is CCCCc1ccc(NC(=O)NCCc2ccccc2F)cc1. The van der Waals surface area contributed by atoms with E-state index in [-0.39, 0.29) is 11.8 Å². The molecule has 0 atom stereocenters. The van der Waals surface area contributed by atoms with Gasteiger partial charge >= 0.3 is 6.03 Å². The Labute approximate surface area is 136 Å². The maximum atomic E-state index is 13.5. The molecule has 0 saturated heterocycles. The lowest BCUT2D eigenvalue weighted by atomic mass is 10.1. The minimum atomic E-state index is -0.275. The summed E-state index contributed by atoms with van der Waals surface area (Å²) in [6, 6.07) is 14.2. The summed E-state index contributed by atoms with van der Waals surface area (Å²) in [6.07, 6.45) is 3.87. The highest BCUT2D eigenvalue weighted by Crippen LogP contribution is 2.11. The van der Waals surface area contributed by atoms with Crippen molar-refractivity contribution in [3.8, 4) is 0 Å². The van der Waals surface area contributed by atoms with Crippen LogP contribution in [0.5, 0.6) is 0 Å². The second-order valence-electron chi connectivity index (χ2n) is 5.52. The largest absolute Gasteiger partial charge is 0.338 e. The Morgan fingerprint density at radius 1 is 1.04 bits per heavy atom. The molecule has 0 aromatic heterocycles. The van der Waals surface area contributed by atoms with Crippen LogP contribution in [0, 0.1) is 5.82 Å². The zero-order chi connectivity index (χ0) is 16.5. The van der Waals surface area contributed by atoms with Gasteiger partial charge in [-0.1, -0.05) is 43.7 Å². The molecule has 0 bridgehead atoms. The van der Waals surface area contributed by atoms with Gasteiger partial charge in [0.15, 0.2) is 0 Å². The quantitative estimate of drug-likeness (QED) is 0.774. The molecular weight excluding hydrogens is 291 g/mol. The van der Waals surface area contributed by atoms with E-state index in [1.807, 2.05) is 24.3 Å². The van der Waals surface area contributed by atoms with Crippen molar-refractivity contribution in [2.45, 2.75) is 32.6 Å². The first-order chi connectivity index (χ1) is 11.2. The van der Waals surface area contributed by atoms with E-state index in [2.05, 4.69) is 17.6 Å². The van der Waals surface area contributed by atoms with E-state index in [9.17, 15) is 9.18 Å². The molecular formula is C19H23FN2O. The Morgan fingerprint density at radius 2 is 1.78 bits per heavy atom. The third-order valence-corrected chi connectivity index (χ3v) is 3.67. The third-order valence-electron chi connectivity index (χ3n) is 3.67. The predicted octanol–water partition coefficient (Wildman–Crippen LogP) is 4.53. The molecule has 0 radical (unpaired) electrons. The minimum Gasteiger partial charge on any atom is -0.338 e. The van der Waals surface area contributed by atoms with Gasteiger partial charge in [0, 0.05) is 12.2 Å². The number of aryl methyl sites for hydroxylation is 1. The van der Waals surface area contributed by atoms with E-state index in [0.717, 1.165) is 12.1 Å². The molecule has 0 spiro atoms. The van der Waals surface area contributed by atoms with Crippen molar-refractivity contribution in [1.82, 2.24) is 5.32 Å². The van der Waals surface area contributed by atoms with Gasteiger partial charge in [-0.3, -0.25) is 0 Å². The lowest BCUT2D eigenvalue weighted by Crippen LogP contribution is -2.30. The van der Waals surface area contributed by atoms with Gasteiger partial charge in [0.2, 0.25) is 0 Å². The van der Waals surface area contributed by atoms with Crippen LogP contribution in [0.25, 0.3) is 0 Å². The standard InChI is InChI=1S/C19H23FN2O/c1-2-3-6-15-9-11-17(12-10-15)22-19(23)21-14-13-16-7-4-5-8-18(16)20/h4-5,7-12H,2-3,6,13-14H2,1H3,(H2,21,22,23). The molecule has 23 heavy (non-hydrogen) atoms. The van der Waals surface area contributed by atoms with Crippen LogP contribution in [0.15, 0.2) is 48.5 Å². The second-order valence-corrected chi connectivity index (χ2v) is 5.52. The highest BCUT2D eigenvalue weighted by molar-refractivity contribution is 5.89. The number of hydrogen-bond donors (Lipinski definition) is 2. The smallest absolute Gasteiger partial charge is 0.319 e. The summed E-state index contributed by atoms with van der Waals surface area (Å²) >= 11 is 0. The molecule has 122 valence electrons. The van der Waals surface area contributed by atoms with Gasteiger partial charge in [-0.05, 0) is 48.6 Å². The molecule has 2 aromatic carbocycles. The van der Waals surface area contributed by atoms with Crippen molar-refractivity contribution in [2.24, 2.45) is 0 Å². The van der Waals surface area contributed by atoms with Crippen molar-refractivity contribution < 1.29 is 9.18 Å². The van der Waals surface area contributed by atoms with Crippen LogP contribution in [-0.2, 0) is 12.8 Å². The predicted molar refractivity (Wildman–Crippen MR) is 92.2 cm³/mol. The summed E-state index contributed by atoms with van der Waals surface area (Å²) in [4.78, 5) is 11.8. The van der Waals surface area contributed by atoms with E-state index < -0.39 is 0 Å². The summed E-state index contributed by atoms with van der Waals surface area (Å²) < 4.78 is 13.5. The van der Waals surface area contributed by atoms with E-state index in [0.29, 0.717) is 18.5 Å². The number of carbonyl (C=O) groups is 1. The molecule has 0 aliphatic rings. The average molecular weight is 314 g/mol. The maximum Gasteiger partial charge on any atom is 0.319 e. The molecule has 0 fully saturated rings. The van der Waals surface area contributed by atoms with Crippen molar-refractivity contribution >= 4 is 11.7 Å². The summed E-state index contributed by atoms with van der Waals surface area (Å²) in [5, 5.41) is 5.52. The molecule has 0 aliphatic carbocycles.